The van der Waals surface area contributed by atoms with Gasteiger partial charge in [-0.05, 0) is 51.8 Å². The van der Waals surface area contributed by atoms with Crippen molar-refractivity contribution in [2.45, 2.75) is 11.4 Å². The molecule has 2 aromatic rings. The van der Waals surface area contributed by atoms with Crippen LogP contribution in [0.1, 0.15) is 5.56 Å². The van der Waals surface area contributed by atoms with Crippen LogP contribution >= 0.6 is 15.9 Å². The van der Waals surface area contributed by atoms with Crippen LogP contribution in [0.5, 0.6) is 5.75 Å². The van der Waals surface area contributed by atoms with E-state index in [1.165, 1.54) is 29.6 Å². The van der Waals surface area contributed by atoms with Crippen molar-refractivity contribution in [3.63, 3.8) is 0 Å². The van der Waals surface area contributed by atoms with Crippen molar-refractivity contribution < 1.29 is 13.5 Å². The minimum Gasteiger partial charge on any atom is -0.508 e. The Morgan fingerprint density at radius 1 is 1.19 bits per heavy atom. The van der Waals surface area contributed by atoms with E-state index in [0.717, 1.165) is 5.56 Å². The molecule has 2 aromatic carbocycles. The first kappa shape index (κ1) is 15.8. The SMILES string of the molecule is CN(Cc1ccc(O)cc1)S(=O)(=O)c1ccc(N)cc1Br. The number of aromatic hydroxyl groups is 1. The molecule has 0 aromatic heterocycles. The molecule has 0 heterocycles. The van der Waals surface area contributed by atoms with E-state index in [4.69, 9.17) is 5.73 Å². The number of phenols is 1. The predicted octanol–water partition coefficient (Wildman–Crippen LogP) is 2.56. The first-order valence-electron chi connectivity index (χ1n) is 6.10. The standard InChI is InChI=1S/C14H15BrN2O3S/c1-17(9-10-2-5-12(18)6-3-10)21(19,20)14-7-4-11(16)8-13(14)15/h2-8,18H,9,16H2,1H3. The predicted molar refractivity (Wildman–Crippen MR) is 85.3 cm³/mol. The molecule has 3 N–H and O–H groups in total. The Bertz CT molecular complexity index is 745. The number of hydrogen-bond acceptors (Lipinski definition) is 4. The van der Waals surface area contributed by atoms with E-state index >= 15 is 0 Å². The maximum absolute atomic E-state index is 12.5. The summed E-state index contributed by atoms with van der Waals surface area (Å²) < 4.78 is 26.8. The second-order valence-corrected chi connectivity index (χ2v) is 7.49. The first-order chi connectivity index (χ1) is 9.80. The number of sulfonamides is 1. The Morgan fingerprint density at radius 3 is 2.38 bits per heavy atom. The molecule has 0 aliphatic carbocycles. The molecule has 0 amide bonds. The van der Waals surface area contributed by atoms with Crippen LogP contribution in [-0.2, 0) is 16.6 Å². The number of phenolic OH excluding ortho intramolecular Hbond substituents is 1. The summed E-state index contributed by atoms with van der Waals surface area (Å²) in [6, 6.07) is 11.0. The summed E-state index contributed by atoms with van der Waals surface area (Å²) in [5.74, 6) is 0.144. The van der Waals surface area contributed by atoms with Crippen LogP contribution in [0.25, 0.3) is 0 Å². The van der Waals surface area contributed by atoms with Gasteiger partial charge in [-0.3, -0.25) is 0 Å². The summed E-state index contributed by atoms with van der Waals surface area (Å²) in [6.07, 6.45) is 0. The van der Waals surface area contributed by atoms with Gasteiger partial charge >= 0.3 is 0 Å². The molecule has 0 saturated carbocycles. The highest BCUT2D eigenvalue weighted by molar-refractivity contribution is 9.10. The Labute approximate surface area is 132 Å². The minimum absolute atomic E-state index is 0.144. The molecule has 0 saturated heterocycles. The molecule has 0 unspecified atom stereocenters. The van der Waals surface area contributed by atoms with E-state index in [1.807, 2.05) is 0 Å². The number of halogens is 1. The molecule has 0 aliphatic rings. The zero-order chi connectivity index (χ0) is 15.6. The molecule has 21 heavy (non-hydrogen) atoms. The number of nitrogens with two attached hydrogens (primary N) is 1. The summed E-state index contributed by atoms with van der Waals surface area (Å²) in [4.78, 5) is 0.165. The Hall–Kier alpha value is -1.57. The lowest BCUT2D eigenvalue weighted by atomic mass is 10.2. The fraction of sp³-hybridized carbons (Fsp3) is 0.143. The lowest BCUT2D eigenvalue weighted by molar-refractivity contribution is 0.463. The molecule has 0 atom stereocenters. The number of nitrogens with zero attached hydrogens (tertiary/aromatic N) is 1. The Morgan fingerprint density at radius 2 is 1.81 bits per heavy atom. The van der Waals surface area contributed by atoms with Gasteiger partial charge in [0.15, 0.2) is 0 Å². The summed E-state index contributed by atoms with van der Waals surface area (Å²) in [7, 11) is -2.12. The molecule has 0 spiro atoms. The van der Waals surface area contributed by atoms with Gasteiger partial charge in [0.25, 0.3) is 0 Å². The highest BCUT2D eigenvalue weighted by Gasteiger charge is 2.23. The molecule has 2 rings (SSSR count). The summed E-state index contributed by atoms with van der Waals surface area (Å²) >= 11 is 3.23. The molecule has 112 valence electrons. The van der Waals surface area contributed by atoms with Gasteiger partial charge < -0.3 is 10.8 Å². The molecule has 0 bridgehead atoms. The van der Waals surface area contributed by atoms with Crippen LogP contribution in [0.2, 0.25) is 0 Å². The van der Waals surface area contributed by atoms with E-state index in [2.05, 4.69) is 15.9 Å². The Kier molecular flexibility index (Phi) is 4.55. The smallest absolute Gasteiger partial charge is 0.244 e. The van der Waals surface area contributed by atoms with Gasteiger partial charge in [0.2, 0.25) is 10.0 Å². The topological polar surface area (TPSA) is 83.6 Å². The van der Waals surface area contributed by atoms with Gasteiger partial charge in [-0.25, -0.2) is 8.42 Å². The highest BCUT2D eigenvalue weighted by atomic mass is 79.9. The molecular weight excluding hydrogens is 356 g/mol. The number of rotatable bonds is 4. The third-order valence-corrected chi connectivity index (χ3v) is 5.77. The monoisotopic (exact) mass is 370 g/mol. The fourth-order valence-electron chi connectivity index (χ4n) is 1.84. The van der Waals surface area contributed by atoms with Crippen LogP contribution < -0.4 is 5.73 Å². The normalized spacial score (nSPS) is 11.8. The van der Waals surface area contributed by atoms with E-state index < -0.39 is 10.0 Å². The lowest BCUT2D eigenvalue weighted by Crippen LogP contribution is -2.26. The average Bonchev–Trinajstić information content (AvgIpc) is 2.40. The third kappa shape index (κ3) is 3.55. The number of nitrogen functional groups attached to an aromatic ring is 1. The molecule has 0 fully saturated rings. The lowest BCUT2D eigenvalue weighted by Gasteiger charge is -2.18. The van der Waals surface area contributed by atoms with Crippen LogP contribution in [0, 0.1) is 0 Å². The van der Waals surface area contributed by atoms with E-state index in [-0.39, 0.29) is 17.2 Å². The quantitative estimate of drug-likeness (QED) is 0.810. The van der Waals surface area contributed by atoms with Crippen molar-refractivity contribution in [3.8, 4) is 5.75 Å². The Balaban J connectivity index is 2.28. The van der Waals surface area contributed by atoms with Gasteiger partial charge in [-0.1, -0.05) is 12.1 Å². The molecule has 7 heteroatoms. The highest BCUT2D eigenvalue weighted by Crippen LogP contribution is 2.27. The van der Waals surface area contributed by atoms with Gasteiger partial charge in [-0.2, -0.15) is 4.31 Å². The van der Waals surface area contributed by atoms with Crippen molar-refractivity contribution >= 4 is 31.6 Å². The largest absolute Gasteiger partial charge is 0.508 e. The second-order valence-electron chi connectivity index (χ2n) is 4.62. The van der Waals surface area contributed by atoms with Crippen LogP contribution in [-0.4, -0.2) is 24.9 Å². The van der Waals surface area contributed by atoms with E-state index in [0.29, 0.717) is 10.2 Å². The van der Waals surface area contributed by atoms with Crippen LogP contribution in [0.3, 0.4) is 0 Å². The van der Waals surface area contributed by atoms with E-state index in [1.54, 1.807) is 24.3 Å². The summed E-state index contributed by atoms with van der Waals surface area (Å²) in [5, 5.41) is 9.24. The molecule has 0 radical (unpaired) electrons. The fourth-order valence-corrected chi connectivity index (χ4v) is 4.05. The molecule has 5 nitrogen and oxygen atoms in total. The van der Waals surface area contributed by atoms with Crippen molar-refractivity contribution in [2.24, 2.45) is 0 Å². The maximum atomic E-state index is 12.5. The van der Waals surface area contributed by atoms with Crippen LogP contribution in [0.4, 0.5) is 5.69 Å². The van der Waals surface area contributed by atoms with E-state index in [9.17, 15) is 13.5 Å². The third-order valence-electron chi connectivity index (χ3n) is 2.99. The van der Waals surface area contributed by atoms with Crippen molar-refractivity contribution in [2.75, 3.05) is 12.8 Å². The van der Waals surface area contributed by atoms with Gasteiger partial charge in [0.05, 0.1) is 4.90 Å². The number of hydrogen-bond donors (Lipinski definition) is 2. The summed E-state index contributed by atoms with van der Waals surface area (Å²) in [6.45, 7) is 0.208. The first-order valence-corrected chi connectivity index (χ1v) is 8.33. The van der Waals surface area contributed by atoms with Crippen molar-refractivity contribution in [1.29, 1.82) is 0 Å². The van der Waals surface area contributed by atoms with Crippen molar-refractivity contribution in [3.05, 3.63) is 52.5 Å². The van der Waals surface area contributed by atoms with Crippen molar-refractivity contribution in [1.82, 2.24) is 4.31 Å². The van der Waals surface area contributed by atoms with Gasteiger partial charge in [0, 0.05) is 23.8 Å². The zero-order valence-electron chi connectivity index (χ0n) is 11.3. The number of benzene rings is 2. The maximum Gasteiger partial charge on any atom is 0.244 e. The van der Waals surface area contributed by atoms with Crippen LogP contribution in [0.15, 0.2) is 51.8 Å². The average molecular weight is 371 g/mol. The molecular formula is C14H15BrN2O3S. The van der Waals surface area contributed by atoms with Gasteiger partial charge in [-0.15, -0.1) is 0 Å². The minimum atomic E-state index is -3.63. The van der Waals surface area contributed by atoms with Gasteiger partial charge in [0.1, 0.15) is 5.75 Å². The summed E-state index contributed by atoms with van der Waals surface area (Å²) in [5.41, 5.74) is 6.89. The number of anilines is 1. The molecule has 0 aliphatic heterocycles. The second kappa shape index (κ2) is 6.05. The zero-order valence-corrected chi connectivity index (χ0v) is 13.7.